The molecular formula is C27H24N2O5S2. The molecule has 1 unspecified atom stereocenters. The van der Waals surface area contributed by atoms with Gasteiger partial charge in [-0.3, -0.25) is 14.5 Å². The van der Waals surface area contributed by atoms with Crippen LogP contribution in [0.5, 0.6) is 11.5 Å². The van der Waals surface area contributed by atoms with Crippen molar-refractivity contribution >= 4 is 55.5 Å². The van der Waals surface area contributed by atoms with Crippen LogP contribution in [-0.4, -0.2) is 35.5 Å². The van der Waals surface area contributed by atoms with Gasteiger partial charge in [0.1, 0.15) is 23.3 Å². The van der Waals surface area contributed by atoms with Gasteiger partial charge in [-0.05, 0) is 48.2 Å². The van der Waals surface area contributed by atoms with E-state index in [0.717, 1.165) is 22.4 Å². The maximum Gasteiger partial charge on any atom is 0.301 e. The number of unbranched alkanes of at least 4 members (excludes halogenated alkanes) is 1. The lowest BCUT2D eigenvalue weighted by Crippen LogP contribution is -2.28. The summed E-state index contributed by atoms with van der Waals surface area (Å²) in [5.74, 6) is -0.445. The Hall–Kier alpha value is -3.69. The molecule has 7 nitrogen and oxygen atoms in total. The normalized spacial score (nSPS) is 17.2. The number of thiophene rings is 1. The Morgan fingerprint density at radius 2 is 1.97 bits per heavy atom. The zero-order valence-electron chi connectivity index (χ0n) is 19.8. The van der Waals surface area contributed by atoms with Crippen molar-refractivity contribution < 1.29 is 24.2 Å². The van der Waals surface area contributed by atoms with E-state index in [2.05, 4.69) is 11.9 Å². The average Bonchev–Trinajstić information content (AvgIpc) is 3.62. The molecule has 2 aromatic heterocycles. The third-order valence-electron chi connectivity index (χ3n) is 5.92. The van der Waals surface area contributed by atoms with Crippen LogP contribution in [0.1, 0.15) is 36.2 Å². The summed E-state index contributed by atoms with van der Waals surface area (Å²) < 4.78 is 11.9. The zero-order valence-corrected chi connectivity index (χ0v) is 21.4. The Balaban J connectivity index is 1.61. The fourth-order valence-corrected chi connectivity index (χ4v) is 5.94. The highest BCUT2D eigenvalue weighted by atomic mass is 32.1. The van der Waals surface area contributed by atoms with E-state index >= 15 is 0 Å². The van der Waals surface area contributed by atoms with Gasteiger partial charge in [0.2, 0.25) is 0 Å². The standard InChI is InChI=1S/C27H24N2O5S2/c1-3-4-12-34-18-8-5-7-16(14-18)24(30)22-23(20-9-6-13-35-20)29(26(32)25(22)31)27-28-19-11-10-17(33-2)15-21(19)36-27/h5-11,13-15,23,30H,3-4,12H2,1-2H3/b24-22+. The highest BCUT2D eigenvalue weighted by molar-refractivity contribution is 7.22. The smallest absolute Gasteiger partial charge is 0.301 e. The molecule has 1 N–H and O–H groups in total. The van der Waals surface area contributed by atoms with E-state index in [4.69, 9.17) is 9.47 Å². The number of aliphatic hydroxyl groups excluding tert-OH is 1. The van der Waals surface area contributed by atoms with Crippen molar-refractivity contribution in [1.82, 2.24) is 4.98 Å². The van der Waals surface area contributed by atoms with E-state index in [0.29, 0.717) is 34.3 Å². The number of ketones is 1. The number of aliphatic hydroxyl groups is 1. The van der Waals surface area contributed by atoms with Crippen LogP contribution in [0.15, 0.2) is 65.6 Å². The van der Waals surface area contributed by atoms with Crippen LogP contribution in [-0.2, 0) is 9.59 Å². The SMILES string of the molecule is CCCCOc1cccc(/C(O)=C2\C(=O)C(=O)N(c3nc4ccc(OC)cc4s3)C2c2cccs2)c1. The Morgan fingerprint density at radius 1 is 1.11 bits per heavy atom. The van der Waals surface area contributed by atoms with Gasteiger partial charge in [0.15, 0.2) is 5.13 Å². The van der Waals surface area contributed by atoms with E-state index in [9.17, 15) is 14.7 Å². The molecule has 4 aromatic rings. The minimum atomic E-state index is -0.794. The van der Waals surface area contributed by atoms with Gasteiger partial charge in [0.25, 0.3) is 5.78 Å². The van der Waals surface area contributed by atoms with Gasteiger partial charge in [-0.2, -0.15) is 0 Å². The lowest BCUT2D eigenvalue weighted by molar-refractivity contribution is -0.132. The summed E-state index contributed by atoms with van der Waals surface area (Å²) in [5.41, 5.74) is 1.14. The highest BCUT2D eigenvalue weighted by Gasteiger charge is 2.48. The first-order valence-corrected chi connectivity index (χ1v) is 13.2. The van der Waals surface area contributed by atoms with Crippen molar-refractivity contribution in [2.24, 2.45) is 0 Å². The Kier molecular flexibility index (Phi) is 6.75. The first-order chi connectivity index (χ1) is 17.5. The molecule has 0 saturated carbocycles. The van der Waals surface area contributed by atoms with E-state index in [1.54, 1.807) is 37.4 Å². The number of benzene rings is 2. The minimum Gasteiger partial charge on any atom is -0.507 e. The number of Topliss-reactive ketones (excluding diaryl/α,β-unsaturated/α-hetero) is 1. The molecule has 5 rings (SSSR count). The molecule has 184 valence electrons. The monoisotopic (exact) mass is 520 g/mol. The summed E-state index contributed by atoms with van der Waals surface area (Å²) in [5, 5.41) is 13.6. The number of amides is 1. The lowest BCUT2D eigenvalue weighted by atomic mass is 10.00. The number of anilines is 1. The molecule has 9 heteroatoms. The summed E-state index contributed by atoms with van der Waals surface area (Å²) in [6.07, 6.45) is 1.91. The number of hydrogen-bond acceptors (Lipinski definition) is 8. The van der Waals surface area contributed by atoms with Gasteiger partial charge in [0.05, 0.1) is 29.5 Å². The molecule has 1 atom stereocenters. The number of fused-ring (bicyclic) bond motifs is 1. The Labute approximate surface area is 216 Å². The van der Waals surface area contributed by atoms with E-state index < -0.39 is 17.7 Å². The van der Waals surface area contributed by atoms with Crippen molar-refractivity contribution in [2.75, 3.05) is 18.6 Å². The number of methoxy groups -OCH3 is 1. The predicted octanol–water partition coefficient (Wildman–Crippen LogP) is 6.17. The summed E-state index contributed by atoms with van der Waals surface area (Å²) in [6.45, 7) is 2.64. The van der Waals surface area contributed by atoms with E-state index in [1.165, 1.54) is 27.6 Å². The Morgan fingerprint density at radius 3 is 2.72 bits per heavy atom. The summed E-state index contributed by atoms with van der Waals surface area (Å²) in [4.78, 5) is 33.5. The van der Waals surface area contributed by atoms with Gasteiger partial charge in [-0.15, -0.1) is 11.3 Å². The van der Waals surface area contributed by atoms with E-state index in [1.807, 2.05) is 29.6 Å². The predicted molar refractivity (Wildman–Crippen MR) is 142 cm³/mol. The molecule has 1 aliphatic rings. The first-order valence-electron chi connectivity index (χ1n) is 11.5. The van der Waals surface area contributed by atoms with Crippen molar-refractivity contribution in [2.45, 2.75) is 25.8 Å². The van der Waals surface area contributed by atoms with Gasteiger partial charge in [-0.1, -0.05) is 42.9 Å². The van der Waals surface area contributed by atoms with Crippen molar-refractivity contribution in [3.8, 4) is 11.5 Å². The number of rotatable bonds is 8. The first kappa shape index (κ1) is 24.0. The quantitative estimate of drug-likeness (QED) is 0.129. The number of nitrogens with zero attached hydrogens (tertiary/aromatic N) is 2. The van der Waals surface area contributed by atoms with Crippen LogP contribution in [0, 0.1) is 0 Å². The molecule has 0 aliphatic carbocycles. The molecule has 2 aromatic carbocycles. The summed E-state index contributed by atoms with van der Waals surface area (Å²) >= 11 is 2.71. The summed E-state index contributed by atoms with van der Waals surface area (Å²) in [7, 11) is 1.59. The maximum atomic E-state index is 13.4. The highest BCUT2D eigenvalue weighted by Crippen LogP contribution is 2.45. The number of hydrogen-bond donors (Lipinski definition) is 1. The topological polar surface area (TPSA) is 89.0 Å². The molecule has 0 spiro atoms. The largest absolute Gasteiger partial charge is 0.507 e. The number of carbonyl (C=O) groups is 2. The Bertz CT molecular complexity index is 1460. The zero-order chi connectivity index (χ0) is 25.2. The molecule has 36 heavy (non-hydrogen) atoms. The van der Waals surface area contributed by atoms with Crippen LogP contribution in [0.2, 0.25) is 0 Å². The third-order valence-corrected chi connectivity index (χ3v) is 7.86. The fourth-order valence-electron chi connectivity index (χ4n) is 4.09. The second-order valence-electron chi connectivity index (χ2n) is 8.24. The molecule has 1 amide bonds. The number of thiazole rings is 1. The summed E-state index contributed by atoms with van der Waals surface area (Å²) in [6, 6.07) is 15.3. The van der Waals surface area contributed by atoms with Crippen molar-refractivity contribution in [3.05, 3.63) is 76.0 Å². The molecular weight excluding hydrogens is 496 g/mol. The second-order valence-corrected chi connectivity index (χ2v) is 10.2. The number of ether oxygens (including phenoxy) is 2. The number of aromatic nitrogens is 1. The number of carbonyl (C=O) groups excluding carboxylic acids is 2. The average molecular weight is 521 g/mol. The molecule has 3 heterocycles. The van der Waals surface area contributed by atoms with Gasteiger partial charge in [-0.25, -0.2) is 4.98 Å². The van der Waals surface area contributed by atoms with Gasteiger partial charge in [0, 0.05) is 10.4 Å². The van der Waals surface area contributed by atoms with Crippen LogP contribution in [0.4, 0.5) is 5.13 Å². The molecule has 0 radical (unpaired) electrons. The van der Waals surface area contributed by atoms with Crippen LogP contribution >= 0.6 is 22.7 Å². The lowest BCUT2D eigenvalue weighted by Gasteiger charge is -2.21. The van der Waals surface area contributed by atoms with Crippen LogP contribution < -0.4 is 14.4 Å². The van der Waals surface area contributed by atoms with Gasteiger partial charge >= 0.3 is 5.91 Å². The van der Waals surface area contributed by atoms with Crippen LogP contribution in [0.3, 0.4) is 0 Å². The maximum absolute atomic E-state index is 13.4. The fraction of sp³-hybridized carbons (Fsp3) is 0.222. The molecule has 0 bridgehead atoms. The molecule has 1 fully saturated rings. The molecule has 1 saturated heterocycles. The van der Waals surface area contributed by atoms with Crippen molar-refractivity contribution in [3.63, 3.8) is 0 Å². The second kappa shape index (κ2) is 10.1. The minimum absolute atomic E-state index is 0.0324. The van der Waals surface area contributed by atoms with Gasteiger partial charge < -0.3 is 14.6 Å². The van der Waals surface area contributed by atoms with E-state index in [-0.39, 0.29) is 11.3 Å². The molecule has 1 aliphatic heterocycles. The van der Waals surface area contributed by atoms with Crippen molar-refractivity contribution in [1.29, 1.82) is 0 Å². The van der Waals surface area contributed by atoms with Crippen LogP contribution in [0.25, 0.3) is 16.0 Å². The third kappa shape index (κ3) is 4.36.